The van der Waals surface area contributed by atoms with E-state index in [9.17, 15) is 0 Å². The minimum absolute atomic E-state index is 0.705. The fourth-order valence-corrected chi connectivity index (χ4v) is 4.78. The molecule has 1 aliphatic heterocycles. The molecule has 0 atom stereocenters. The predicted molar refractivity (Wildman–Crippen MR) is 143 cm³/mol. The quantitative estimate of drug-likeness (QED) is 0.374. The summed E-state index contributed by atoms with van der Waals surface area (Å²) >= 11 is 0. The van der Waals surface area contributed by atoms with Crippen LogP contribution in [0.5, 0.6) is 0 Å². The van der Waals surface area contributed by atoms with Crippen molar-refractivity contribution in [2.45, 2.75) is 40.5 Å². The van der Waals surface area contributed by atoms with Crippen LogP contribution < -0.4 is 4.90 Å². The first-order chi connectivity index (χ1) is 17.0. The molecule has 0 radical (unpaired) electrons. The predicted octanol–water partition coefficient (Wildman–Crippen LogP) is 5.19. The molecule has 35 heavy (non-hydrogen) atoms. The average Bonchev–Trinajstić information content (AvgIpc) is 3.21. The van der Waals surface area contributed by atoms with Crippen molar-refractivity contribution in [2.75, 3.05) is 37.6 Å². The van der Waals surface area contributed by atoms with Gasteiger partial charge in [0.25, 0.3) is 0 Å². The van der Waals surface area contributed by atoms with Gasteiger partial charge in [0, 0.05) is 32.6 Å². The molecule has 3 heterocycles. The molecule has 0 amide bonds. The molecule has 182 valence electrons. The van der Waals surface area contributed by atoms with E-state index in [2.05, 4.69) is 73.9 Å². The zero-order valence-electron chi connectivity index (χ0n) is 21.4. The lowest BCUT2D eigenvalue weighted by atomic mass is 10.1. The molecule has 2 aromatic heterocycles. The van der Waals surface area contributed by atoms with E-state index >= 15 is 0 Å². The standard InChI is InChI=1S/C29H36N6/c1-21(2)14-15-33-16-18-34(19-17-33)28-27-23(4)32-35(25-8-6-5-7-9-25)29(27)31-26(30-28)20-24-12-10-22(3)11-13-24/h5-13,21H,14-20H2,1-4H3. The second-order valence-corrected chi connectivity index (χ2v) is 10.2. The zero-order chi connectivity index (χ0) is 24.4. The maximum atomic E-state index is 5.15. The number of rotatable bonds is 7. The fourth-order valence-electron chi connectivity index (χ4n) is 4.78. The second kappa shape index (κ2) is 10.2. The number of hydrogen-bond donors (Lipinski definition) is 0. The molecule has 1 saturated heterocycles. The number of anilines is 1. The van der Waals surface area contributed by atoms with Crippen molar-refractivity contribution in [3.63, 3.8) is 0 Å². The van der Waals surface area contributed by atoms with Crippen LogP contribution in [0.3, 0.4) is 0 Å². The van der Waals surface area contributed by atoms with Crippen molar-refractivity contribution in [1.82, 2.24) is 24.6 Å². The molecule has 0 unspecified atom stereocenters. The number of benzene rings is 2. The van der Waals surface area contributed by atoms with Crippen LogP contribution in [0.2, 0.25) is 0 Å². The summed E-state index contributed by atoms with van der Waals surface area (Å²) in [7, 11) is 0. The number of fused-ring (bicyclic) bond motifs is 1. The maximum Gasteiger partial charge on any atom is 0.169 e. The van der Waals surface area contributed by atoms with Gasteiger partial charge in [-0.05, 0) is 50.4 Å². The number of piperazine rings is 1. The lowest BCUT2D eigenvalue weighted by Crippen LogP contribution is -2.47. The van der Waals surface area contributed by atoms with Gasteiger partial charge in [0.05, 0.1) is 16.8 Å². The van der Waals surface area contributed by atoms with Crippen molar-refractivity contribution in [2.24, 2.45) is 5.92 Å². The lowest BCUT2D eigenvalue weighted by molar-refractivity contribution is 0.243. The maximum absolute atomic E-state index is 5.15. The van der Waals surface area contributed by atoms with Crippen molar-refractivity contribution < 1.29 is 0 Å². The van der Waals surface area contributed by atoms with Crippen molar-refractivity contribution >= 4 is 16.9 Å². The van der Waals surface area contributed by atoms with Crippen LogP contribution in [0.1, 0.15) is 42.9 Å². The van der Waals surface area contributed by atoms with Gasteiger partial charge in [-0.3, -0.25) is 4.90 Å². The van der Waals surface area contributed by atoms with Crippen LogP contribution in [-0.2, 0) is 6.42 Å². The highest BCUT2D eigenvalue weighted by Crippen LogP contribution is 2.30. The largest absolute Gasteiger partial charge is 0.353 e. The Kier molecular flexibility index (Phi) is 6.82. The van der Waals surface area contributed by atoms with Gasteiger partial charge < -0.3 is 4.90 Å². The molecule has 5 rings (SSSR count). The summed E-state index contributed by atoms with van der Waals surface area (Å²) in [6.07, 6.45) is 1.96. The van der Waals surface area contributed by atoms with E-state index < -0.39 is 0 Å². The summed E-state index contributed by atoms with van der Waals surface area (Å²) in [5.74, 6) is 2.61. The highest BCUT2D eigenvalue weighted by molar-refractivity contribution is 5.91. The fraction of sp³-hybridized carbons (Fsp3) is 0.414. The van der Waals surface area contributed by atoms with E-state index in [1.807, 2.05) is 22.9 Å². The van der Waals surface area contributed by atoms with E-state index in [0.29, 0.717) is 6.42 Å². The van der Waals surface area contributed by atoms with Gasteiger partial charge >= 0.3 is 0 Å². The molecular weight excluding hydrogens is 432 g/mol. The zero-order valence-corrected chi connectivity index (χ0v) is 21.4. The Morgan fingerprint density at radius 2 is 1.57 bits per heavy atom. The number of nitrogens with zero attached hydrogens (tertiary/aromatic N) is 6. The van der Waals surface area contributed by atoms with E-state index in [1.165, 1.54) is 24.1 Å². The minimum atomic E-state index is 0.705. The molecule has 0 N–H and O–H groups in total. The van der Waals surface area contributed by atoms with Gasteiger partial charge in [-0.15, -0.1) is 0 Å². The van der Waals surface area contributed by atoms with Crippen LogP contribution in [0.15, 0.2) is 54.6 Å². The van der Waals surface area contributed by atoms with Crippen molar-refractivity contribution in [3.05, 3.63) is 77.2 Å². The smallest absolute Gasteiger partial charge is 0.169 e. The second-order valence-electron chi connectivity index (χ2n) is 10.2. The first-order valence-electron chi connectivity index (χ1n) is 12.8. The Morgan fingerprint density at radius 3 is 2.26 bits per heavy atom. The number of hydrogen-bond acceptors (Lipinski definition) is 5. The summed E-state index contributed by atoms with van der Waals surface area (Å²) in [6.45, 7) is 14.1. The highest BCUT2D eigenvalue weighted by Gasteiger charge is 2.24. The first kappa shape index (κ1) is 23.5. The molecule has 0 aliphatic carbocycles. The summed E-state index contributed by atoms with van der Waals surface area (Å²) in [4.78, 5) is 15.2. The van der Waals surface area contributed by atoms with Crippen LogP contribution in [-0.4, -0.2) is 57.4 Å². The molecule has 2 aromatic carbocycles. The monoisotopic (exact) mass is 468 g/mol. The average molecular weight is 469 g/mol. The van der Waals surface area contributed by atoms with Crippen molar-refractivity contribution in [3.8, 4) is 5.69 Å². The number of para-hydroxylation sites is 1. The number of aryl methyl sites for hydroxylation is 2. The summed E-state index contributed by atoms with van der Waals surface area (Å²) in [6, 6.07) is 19.0. The summed E-state index contributed by atoms with van der Waals surface area (Å²) in [5, 5.41) is 5.98. The lowest BCUT2D eigenvalue weighted by Gasteiger charge is -2.36. The van der Waals surface area contributed by atoms with Gasteiger partial charge in [0.15, 0.2) is 5.65 Å². The Labute approximate surface area is 208 Å². The first-order valence-corrected chi connectivity index (χ1v) is 12.8. The van der Waals surface area contributed by atoms with Crippen LogP contribution in [0.25, 0.3) is 16.7 Å². The summed E-state index contributed by atoms with van der Waals surface area (Å²) in [5.41, 5.74) is 5.38. The highest BCUT2D eigenvalue weighted by atomic mass is 15.3. The molecule has 0 saturated carbocycles. The molecule has 1 fully saturated rings. The van der Waals surface area contributed by atoms with Gasteiger partial charge in [0.2, 0.25) is 0 Å². The summed E-state index contributed by atoms with van der Waals surface area (Å²) < 4.78 is 1.98. The Bertz CT molecular complexity index is 1270. The molecule has 1 aliphatic rings. The third kappa shape index (κ3) is 5.22. The van der Waals surface area contributed by atoms with E-state index in [0.717, 1.165) is 66.2 Å². The van der Waals surface area contributed by atoms with Crippen LogP contribution in [0, 0.1) is 19.8 Å². The SMILES string of the molecule is Cc1ccc(Cc2nc(N3CCN(CCC(C)C)CC3)c3c(C)nn(-c4ccccc4)c3n2)cc1. The van der Waals surface area contributed by atoms with E-state index in [4.69, 9.17) is 15.1 Å². The minimum Gasteiger partial charge on any atom is -0.353 e. The van der Waals surface area contributed by atoms with E-state index in [1.54, 1.807) is 0 Å². The van der Waals surface area contributed by atoms with Gasteiger partial charge in [-0.1, -0.05) is 61.9 Å². The third-order valence-electron chi connectivity index (χ3n) is 6.91. The van der Waals surface area contributed by atoms with Gasteiger partial charge in [-0.2, -0.15) is 5.10 Å². The third-order valence-corrected chi connectivity index (χ3v) is 6.91. The molecule has 6 nitrogen and oxygen atoms in total. The Hall–Kier alpha value is -3.25. The normalized spacial score (nSPS) is 14.8. The topological polar surface area (TPSA) is 50.1 Å². The molecule has 4 aromatic rings. The van der Waals surface area contributed by atoms with Gasteiger partial charge in [-0.25, -0.2) is 14.6 Å². The molecular formula is C29H36N6. The van der Waals surface area contributed by atoms with Crippen molar-refractivity contribution in [1.29, 1.82) is 0 Å². The molecule has 0 spiro atoms. The number of aromatic nitrogens is 4. The molecule has 6 heteroatoms. The van der Waals surface area contributed by atoms with Gasteiger partial charge in [0.1, 0.15) is 11.6 Å². The Morgan fingerprint density at radius 1 is 0.857 bits per heavy atom. The van der Waals surface area contributed by atoms with E-state index in [-0.39, 0.29) is 0 Å². The molecule has 0 bridgehead atoms. The Balaban J connectivity index is 1.53. The van der Waals surface area contributed by atoms with Crippen LogP contribution >= 0.6 is 0 Å². The van der Waals surface area contributed by atoms with Crippen LogP contribution in [0.4, 0.5) is 5.82 Å².